The Kier molecular flexibility index (Phi) is 2.82. The molecule has 4 nitrogen and oxygen atoms in total. The van der Waals surface area contributed by atoms with E-state index in [2.05, 4.69) is 0 Å². The Bertz CT molecular complexity index is 470. The summed E-state index contributed by atoms with van der Waals surface area (Å²) in [5.41, 5.74) is -0.586. The highest BCUT2D eigenvalue weighted by Gasteiger charge is 2.62. The molecule has 5 aliphatic rings. The molecule has 1 saturated heterocycles. The van der Waals surface area contributed by atoms with Crippen LogP contribution in [0.1, 0.15) is 46.0 Å². The van der Waals surface area contributed by atoms with E-state index in [0.29, 0.717) is 17.8 Å². The molecule has 116 valence electrons. The van der Waals surface area contributed by atoms with E-state index in [9.17, 15) is 14.7 Å². The maximum absolute atomic E-state index is 12.7. The SMILES string of the molecule is CC1(C)C(=O)C(C2C3CC4CC(C3)CC2C4)N1CC(=O)O. The third-order valence-electron chi connectivity index (χ3n) is 6.90. The van der Waals surface area contributed by atoms with Gasteiger partial charge in [-0.2, -0.15) is 0 Å². The minimum Gasteiger partial charge on any atom is -0.480 e. The molecule has 21 heavy (non-hydrogen) atoms. The fraction of sp³-hybridized carbons (Fsp3) is 0.882. The van der Waals surface area contributed by atoms with Crippen LogP contribution in [0.3, 0.4) is 0 Å². The number of hydrogen-bond donors (Lipinski definition) is 1. The molecule has 5 rings (SSSR count). The first-order valence-corrected chi connectivity index (χ1v) is 8.40. The third kappa shape index (κ3) is 1.84. The molecule has 0 amide bonds. The Hall–Kier alpha value is -0.900. The largest absolute Gasteiger partial charge is 0.480 e. The highest BCUT2D eigenvalue weighted by Crippen LogP contribution is 2.59. The second-order valence-electron chi connectivity index (χ2n) is 8.40. The molecule has 1 unspecified atom stereocenters. The molecule has 4 heteroatoms. The minimum absolute atomic E-state index is 0.00615. The van der Waals surface area contributed by atoms with Crippen molar-refractivity contribution in [2.45, 2.75) is 57.5 Å². The summed E-state index contributed by atoms with van der Waals surface area (Å²) in [6.07, 6.45) is 6.53. The number of nitrogens with zero attached hydrogens (tertiary/aromatic N) is 1. The van der Waals surface area contributed by atoms with E-state index in [1.807, 2.05) is 18.7 Å². The van der Waals surface area contributed by atoms with E-state index in [4.69, 9.17) is 0 Å². The number of carboxylic acid groups (broad SMARTS) is 1. The van der Waals surface area contributed by atoms with Crippen LogP contribution in [0.25, 0.3) is 0 Å². The van der Waals surface area contributed by atoms with Gasteiger partial charge in [0.2, 0.25) is 0 Å². The molecule has 4 saturated carbocycles. The summed E-state index contributed by atoms with van der Waals surface area (Å²) in [5, 5.41) is 9.18. The van der Waals surface area contributed by atoms with Gasteiger partial charge in [0, 0.05) is 0 Å². The molecule has 1 N–H and O–H groups in total. The first-order valence-electron chi connectivity index (χ1n) is 8.40. The molecule has 0 radical (unpaired) electrons. The first-order chi connectivity index (χ1) is 9.88. The number of carbonyl (C=O) groups excluding carboxylic acids is 1. The van der Waals surface area contributed by atoms with Crippen molar-refractivity contribution in [2.24, 2.45) is 29.6 Å². The topological polar surface area (TPSA) is 57.6 Å². The molecule has 5 fully saturated rings. The smallest absolute Gasteiger partial charge is 0.317 e. The van der Waals surface area contributed by atoms with Gasteiger partial charge in [0.1, 0.15) is 0 Å². The van der Waals surface area contributed by atoms with Crippen LogP contribution in [0.15, 0.2) is 0 Å². The van der Waals surface area contributed by atoms with Crippen molar-refractivity contribution in [1.82, 2.24) is 4.90 Å². The molecule has 1 heterocycles. The lowest BCUT2D eigenvalue weighted by Crippen LogP contribution is -2.76. The van der Waals surface area contributed by atoms with Gasteiger partial charge >= 0.3 is 5.97 Å². The quantitative estimate of drug-likeness (QED) is 0.866. The fourth-order valence-corrected chi connectivity index (χ4v) is 6.23. The lowest BCUT2D eigenvalue weighted by atomic mass is 9.48. The van der Waals surface area contributed by atoms with Crippen LogP contribution in [-0.2, 0) is 9.59 Å². The number of hydrogen-bond acceptors (Lipinski definition) is 3. The Balaban J connectivity index is 1.60. The van der Waals surface area contributed by atoms with E-state index < -0.39 is 11.5 Å². The molecule has 4 aliphatic carbocycles. The van der Waals surface area contributed by atoms with Gasteiger partial charge in [-0.3, -0.25) is 14.5 Å². The zero-order chi connectivity index (χ0) is 14.9. The van der Waals surface area contributed by atoms with Crippen molar-refractivity contribution in [1.29, 1.82) is 0 Å². The first kappa shape index (κ1) is 13.7. The van der Waals surface area contributed by atoms with Crippen molar-refractivity contribution in [3.63, 3.8) is 0 Å². The van der Waals surface area contributed by atoms with Crippen LogP contribution in [0.5, 0.6) is 0 Å². The third-order valence-corrected chi connectivity index (χ3v) is 6.90. The normalized spacial score (nSPS) is 47.4. The zero-order valence-corrected chi connectivity index (χ0v) is 12.9. The van der Waals surface area contributed by atoms with Crippen LogP contribution in [-0.4, -0.2) is 39.9 Å². The number of ketones is 1. The van der Waals surface area contributed by atoms with Gasteiger partial charge in [0.15, 0.2) is 5.78 Å². The van der Waals surface area contributed by atoms with Gasteiger partial charge in [-0.1, -0.05) is 0 Å². The predicted molar refractivity (Wildman–Crippen MR) is 77.8 cm³/mol. The van der Waals surface area contributed by atoms with Crippen molar-refractivity contribution in [2.75, 3.05) is 6.54 Å². The number of likely N-dealkylation sites (tertiary alicyclic amines) is 1. The van der Waals surface area contributed by atoms with Gasteiger partial charge < -0.3 is 5.11 Å². The van der Waals surface area contributed by atoms with Gasteiger partial charge in [-0.05, 0) is 75.5 Å². The minimum atomic E-state index is -0.815. The molecule has 0 aromatic rings. The van der Waals surface area contributed by atoms with Crippen molar-refractivity contribution in [3.8, 4) is 0 Å². The van der Waals surface area contributed by atoms with Crippen LogP contribution in [0, 0.1) is 29.6 Å². The van der Waals surface area contributed by atoms with Crippen LogP contribution in [0.2, 0.25) is 0 Å². The van der Waals surface area contributed by atoms with Crippen LogP contribution in [0.4, 0.5) is 0 Å². The number of carbonyl (C=O) groups is 2. The lowest BCUT2D eigenvalue weighted by Gasteiger charge is -2.63. The maximum Gasteiger partial charge on any atom is 0.317 e. The standard InChI is InChI=1S/C17H25NO3/c1-17(2)16(21)15(18(17)8-13(19)20)14-11-4-9-3-10(6-11)7-12(14)5-9/h9-12,14-15H,3-8H2,1-2H3,(H,19,20). The van der Waals surface area contributed by atoms with E-state index in [1.54, 1.807) is 0 Å². The van der Waals surface area contributed by atoms with Crippen LogP contribution < -0.4 is 0 Å². The molecule has 0 aromatic carbocycles. The molecule has 1 atom stereocenters. The summed E-state index contributed by atoms with van der Waals surface area (Å²) in [6, 6.07) is -0.119. The van der Waals surface area contributed by atoms with E-state index in [0.717, 1.165) is 11.8 Å². The molecule has 0 spiro atoms. The van der Waals surface area contributed by atoms with Crippen LogP contribution >= 0.6 is 0 Å². The highest BCUT2D eigenvalue weighted by molar-refractivity contribution is 5.99. The second kappa shape index (κ2) is 4.31. The van der Waals surface area contributed by atoms with Gasteiger partial charge in [0.25, 0.3) is 0 Å². The number of rotatable bonds is 3. The van der Waals surface area contributed by atoms with E-state index >= 15 is 0 Å². The molecule has 4 bridgehead atoms. The number of aliphatic carboxylic acids is 1. The highest BCUT2D eigenvalue weighted by atomic mass is 16.4. The average molecular weight is 291 g/mol. The number of Topliss-reactive ketones (excluding diaryl/α,β-unsaturated/α-hetero) is 1. The lowest BCUT2D eigenvalue weighted by molar-refractivity contribution is -0.179. The van der Waals surface area contributed by atoms with Crippen molar-refractivity contribution >= 4 is 11.8 Å². The second-order valence-corrected chi connectivity index (χ2v) is 8.40. The van der Waals surface area contributed by atoms with Crippen molar-refractivity contribution < 1.29 is 14.7 Å². The van der Waals surface area contributed by atoms with Crippen molar-refractivity contribution in [3.05, 3.63) is 0 Å². The summed E-state index contributed by atoms with van der Waals surface area (Å²) in [4.78, 5) is 25.8. The average Bonchev–Trinajstić information content (AvgIpc) is 2.39. The monoisotopic (exact) mass is 291 g/mol. The summed E-state index contributed by atoms with van der Waals surface area (Å²) >= 11 is 0. The predicted octanol–water partition coefficient (Wildman–Crippen LogP) is 2.18. The van der Waals surface area contributed by atoms with E-state index in [1.165, 1.54) is 32.1 Å². The molecular weight excluding hydrogens is 266 g/mol. The van der Waals surface area contributed by atoms with E-state index in [-0.39, 0.29) is 18.4 Å². The summed E-state index contributed by atoms with van der Waals surface area (Å²) in [7, 11) is 0. The van der Waals surface area contributed by atoms with Gasteiger partial charge in [-0.15, -0.1) is 0 Å². The molecule has 1 aliphatic heterocycles. The molecular formula is C17H25NO3. The van der Waals surface area contributed by atoms with Gasteiger partial charge in [-0.25, -0.2) is 0 Å². The summed E-state index contributed by atoms with van der Waals surface area (Å²) in [5.74, 6) is 3.01. The number of carboxylic acids is 1. The fourth-order valence-electron chi connectivity index (χ4n) is 6.23. The molecule has 0 aromatic heterocycles. The van der Waals surface area contributed by atoms with Gasteiger partial charge in [0.05, 0.1) is 18.1 Å². The Morgan fingerprint density at radius 1 is 1.14 bits per heavy atom. The summed E-state index contributed by atoms with van der Waals surface area (Å²) < 4.78 is 0. The Morgan fingerprint density at radius 2 is 1.67 bits per heavy atom. The maximum atomic E-state index is 12.7. The summed E-state index contributed by atoms with van der Waals surface area (Å²) in [6.45, 7) is 3.77. The Morgan fingerprint density at radius 3 is 2.14 bits per heavy atom. The zero-order valence-electron chi connectivity index (χ0n) is 12.9. The Labute approximate surface area is 125 Å².